The van der Waals surface area contributed by atoms with Crippen LogP contribution in [0.1, 0.15) is 17.4 Å². The Labute approximate surface area is 119 Å². The number of nitro groups is 1. The van der Waals surface area contributed by atoms with Crippen LogP contribution in [0.3, 0.4) is 0 Å². The Morgan fingerprint density at radius 3 is 2.86 bits per heavy atom. The Bertz CT molecular complexity index is 680. The molecule has 1 aromatic heterocycles. The standard InChI is InChI=1S/C13H13N3O5/c1-3-21-13(17)10-7-14-12(15-10)9-5-4-8(16(18)19)6-11(9)20-2/h4-7H,3H2,1-2H3,(H,14,15). The number of nitrogens with one attached hydrogen (secondary N) is 1. The highest BCUT2D eigenvalue weighted by molar-refractivity contribution is 5.88. The number of imidazole rings is 1. The molecule has 2 aromatic rings. The van der Waals surface area contributed by atoms with E-state index in [1.54, 1.807) is 6.92 Å². The number of nitrogens with zero attached hydrogens (tertiary/aromatic N) is 2. The lowest BCUT2D eigenvalue weighted by atomic mass is 10.1. The van der Waals surface area contributed by atoms with Crippen LogP contribution in [0.15, 0.2) is 24.4 Å². The number of nitro benzene ring substituents is 1. The highest BCUT2D eigenvalue weighted by Crippen LogP contribution is 2.31. The van der Waals surface area contributed by atoms with E-state index < -0.39 is 10.9 Å². The quantitative estimate of drug-likeness (QED) is 0.514. The fourth-order valence-corrected chi connectivity index (χ4v) is 1.76. The number of hydrogen-bond donors (Lipinski definition) is 1. The Kier molecular flexibility index (Phi) is 4.17. The third kappa shape index (κ3) is 2.99. The van der Waals surface area contributed by atoms with Gasteiger partial charge in [0.25, 0.3) is 5.69 Å². The second-order valence-electron chi connectivity index (χ2n) is 4.01. The molecule has 1 N–H and O–H groups in total. The van der Waals surface area contributed by atoms with Crippen LogP contribution in [-0.4, -0.2) is 34.6 Å². The maximum atomic E-state index is 11.6. The van der Waals surface area contributed by atoms with Crippen LogP contribution in [0.5, 0.6) is 5.75 Å². The molecule has 0 aliphatic carbocycles. The molecule has 0 fully saturated rings. The number of esters is 1. The first-order valence-corrected chi connectivity index (χ1v) is 6.11. The summed E-state index contributed by atoms with van der Waals surface area (Å²) >= 11 is 0. The van der Waals surface area contributed by atoms with Gasteiger partial charge in [-0.2, -0.15) is 0 Å². The summed E-state index contributed by atoms with van der Waals surface area (Å²) in [4.78, 5) is 28.7. The highest BCUT2D eigenvalue weighted by atomic mass is 16.6. The van der Waals surface area contributed by atoms with Crippen molar-refractivity contribution < 1.29 is 19.2 Å². The zero-order valence-corrected chi connectivity index (χ0v) is 11.5. The number of benzene rings is 1. The van der Waals surface area contributed by atoms with Gasteiger partial charge in [0.15, 0.2) is 0 Å². The first-order valence-electron chi connectivity index (χ1n) is 6.11. The van der Waals surface area contributed by atoms with Gasteiger partial charge in [-0.05, 0) is 13.0 Å². The summed E-state index contributed by atoms with van der Waals surface area (Å²) in [5.41, 5.74) is 0.624. The maximum absolute atomic E-state index is 11.6. The van der Waals surface area contributed by atoms with Crippen molar-refractivity contribution in [1.82, 2.24) is 9.97 Å². The van der Waals surface area contributed by atoms with Crippen LogP contribution in [0.2, 0.25) is 0 Å². The average Bonchev–Trinajstić information content (AvgIpc) is 2.96. The SMILES string of the molecule is CCOC(=O)c1cnc(-c2ccc([N+](=O)[O-])cc2OC)[nH]1. The molecule has 0 unspecified atom stereocenters. The van der Waals surface area contributed by atoms with Gasteiger partial charge in [0.2, 0.25) is 0 Å². The van der Waals surface area contributed by atoms with E-state index in [4.69, 9.17) is 9.47 Å². The number of hydrogen-bond acceptors (Lipinski definition) is 6. The van der Waals surface area contributed by atoms with E-state index in [1.807, 2.05) is 0 Å². The lowest BCUT2D eigenvalue weighted by Gasteiger charge is -2.05. The van der Waals surface area contributed by atoms with Crippen molar-refractivity contribution in [1.29, 1.82) is 0 Å². The molecule has 0 aliphatic rings. The molecule has 21 heavy (non-hydrogen) atoms. The van der Waals surface area contributed by atoms with Crippen molar-refractivity contribution in [3.63, 3.8) is 0 Å². The number of aromatic nitrogens is 2. The van der Waals surface area contributed by atoms with Gasteiger partial charge >= 0.3 is 5.97 Å². The molecule has 0 saturated carbocycles. The summed E-state index contributed by atoms with van der Waals surface area (Å²) in [5, 5.41) is 10.7. The summed E-state index contributed by atoms with van der Waals surface area (Å²) in [6, 6.07) is 4.14. The second kappa shape index (κ2) is 6.04. The number of carbonyl (C=O) groups is 1. The van der Waals surface area contributed by atoms with Crippen LogP contribution in [0.4, 0.5) is 5.69 Å². The lowest BCUT2D eigenvalue weighted by molar-refractivity contribution is -0.384. The van der Waals surface area contributed by atoms with E-state index in [0.717, 1.165) is 0 Å². The predicted molar refractivity (Wildman–Crippen MR) is 73.2 cm³/mol. The number of rotatable bonds is 5. The van der Waals surface area contributed by atoms with Gasteiger partial charge in [-0.25, -0.2) is 9.78 Å². The van der Waals surface area contributed by atoms with Crippen molar-refractivity contribution in [3.05, 3.63) is 40.2 Å². The van der Waals surface area contributed by atoms with E-state index in [9.17, 15) is 14.9 Å². The molecule has 2 rings (SSSR count). The fraction of sp³-hybridized carbons (Fsp3) is 0.231. The van der Waals surface area contributed by atoms with Gasteiger partial charge in [-0.15, -0.1) is 0 Å². The van der Waals surface area contributed by atoms with Gasteiger partial charge in [-0.1, -0.05) is 0 Å². The van der Waals surface area contributed by atoms with E-state index >= 15 is 0 Å². The van der Waals surface area contributed by atoms with Crippen molar-refractivity contribution in [2.45, 2.75) is 6.92 Å². The molecule has 8 nitrogen and oxygen atoms in total. The molecular formula is C13H13N3O5. The fourth-order valence-electron chi connectivity index (χ4n) is 1.76. The first kappa shape index (κ1) is 14.5. The van der Waals surface area contributed by atoms with Crippen molar-refractivity contribution in [2.24, 2.45) is 0 Å². The Morgan fingerprint density at radius 1 is 1.48 bits per heavy atom. The number of ether oxygens (including phenoxy) is 2. The van der Waals surface area contributed by atoms with Crippen molar-refractivity contribution in [2.75, 3.05) is 13.7 Å². The van der Waals surface area contributed by atoms with Crippen LogP contribution < -0.4 is 4.74 Å². The monoisotopic (exact) mass is 291 g/mol. The normalized spacial score (nSPS) is 10.2. The Hall–Kier alpha value is -2.90. The molecule has 0 radical (unpaired) electrons. The van der Waals surface area contributed by atoms with Gasteiger partial charge in [-0.3, -0.25) is 10.1 Å². The molecule has 1 aromatic carbocycles. The second-order valence-corrected chi connectivity index (χ2v) is 4.01. The van der Waals surface area contributed by atoms with Crippen LogP contribution in [0.25, 0.3) is 11.4 Å². The summed E-state index contributed by atoms with van der Waals surface area (Å²) in [6.45, 7) is 1.96. The van der Waals surface area contributed by atoms with Gasteiger partial charge in [0.05, 0.1) is 36.5 Å². The van der Waals surface area contributed by atoms with Gasteiger partial charge in [0, 0.05) is 6.07 Å². The molecular weight excluding hydrogens is 278 g/mol. The minimum absolute atomic E-state index is 0.0900. The number of non-ortho nitro benzene ring substituents is 1. The van der Waals surface area contributed by atoms with Crippen LogP contribution in [-0.2, 0) is 4.74 Å². The molecule has 0 amide bonds. The Balaban J connectivity index is 2.38. The number of carbonyl (C=O) groups excluding carboxylic acids is 1. The zero-order valence-electron chi connectivity index (χ0n) is 11.5. The van der Waals surface area contributed by atoms with E-state index in [1.165, 1.54) is 31.5 Å². The highest BCUT2D eigenvalue weighted by Gasteiger charge is 2.17. The summed E-state index contributed by atoms with van der Waals surface area (Å²) in [5.74, 6) is 0.135. The topological polar surface area (TPSA) is 107 Å². The average molecular weight is 291 g/mol. The number of H-pyrrole nitrogens is 1. The summed E-state index contributed by atoms with van der Waals surface area (Å²) in [6.07, 6.45) is 1.34. The summed E-state index contributed by atoms with van der Waals surface area (Å²) in [7, 11) is 1.40. The summed E-state index contributed by atoms with van der Waals surface area (Å²) < 4.78 is 9.98. The Morgan fingerprint density at radius 2 is 2.24 bits per heavy atom. The maximum Gasteiger partial charge on any atom is 0.356 e. The molecule has 8 heteroatoms. The lowest BCUT2D eigenvalue weighted by Crippen LogP contribution is -2.04. The zero-order chi connectivity index (χ0) is 15.4. The first-order chi connectivity index (χ1) is 10.1. The van der Waals surface area contributed by atoms with Gasteiger partial charge < -0.3 is 14.5 Å². The van der Waals surface area contributed by atoms with Crippen LogP contribution >= 0.6 is 0 Å². The van der Waals surface area contributed by atoms with Crippen molar-refractivity contribution in [3.8, 4) is 17.1 Å². The molecule has 0 atom stereocenters. The van der Waals surface area contributed by atoms with E-state index in [2.05, 4.69) is 9.97 Å². The van der Waals surface area contributed by atoms with Crippen molar-refractivity contribution >= 4 is 11.7 Å². The minimum atomic E-state index is -0.517. The smallest absolute Gasteiger partial charge is 0.356 e. The number of aromatic amines is 1. The molecule has 0 spiro atoms. The minimum Gasteiger partial charge on any atom is -0.496 e. The molecule has 1 heterocycles. The number of methoxy groups -OCH3 is 1. The van der Waals surface area contributed by atoms with Gasteiger partial charge in [0.1, 0.15) is 17.3 Å². The molecule has 0 aliphatic heterocycles. The molecule has 110 valence electrons. The predicted octanol–water partition coefficient (Wildman–Crippen LogP) is 2.17. The molecule has 0 bridgehead atoms. The third-order valence-corrected chi connectivity index (χ3v) is 2.72. The largest absolute Gasteiger partial charge is 0.496 e. The van der Waals surface area contributed by atoms with E-state index in [-0.39, 0.29) is 23.7 Å². The molecule has 0 saturated heterocycles. The van der Waals surface area contributed by atoms with Crippen LogP contribution in [0, 0.1) is 10.1 Å². The van der Waals surface area contributed by atoms with E-state index in [0.29, 0.717) is 11.4 Å². The third-order valence-electron chi connectivity index (χ3n) is 2.72.